The summed E-state index contributed by atoms with van der Waals surface area (Å²) in [6.07, 6.45) is 3.82. The fourth-order valence-corrected chi connectivity index (χ4v) is 2.36. The van der Waals surface area contributed by atoms with Gasteiger partial charge in [0.05, 0.1) is 5.54 Å². The third-order valence-electron chi connectivity index (χ3n) is 3.17. The number of carbonyl (C=O) groups is 1. The molecule has 2 rings (SSSR count). The van der Waals surface area contributed by atoms with Gasteiger partial charge in [-0.1, -0.05) is 36.8 Å². The minimum atomic E-state index is -0.624. The van der Waals surface area contributed by atoms with E-state index < -0.39 is 5.54 Å². The van der Waals surface area contributed by atoms with Crippen LogP contribution in [0.15, 0.2) is 30.3 Å². The molecule has 1 aliphatic carbocycles. The summed E-state index contributed by atoms with van der Waals surface area (Å²) < 4.78 is 0. The van der Waals surface area contributed by atoms with Gasteiger partial charge in [-0.05, 0) is 18.4 Å². The number of aldehydes is 1. The summed E-state index contributed by atoms with van der Waals surface area (Å²) in [6, 6.07) is 10.1. The standard InChI is InChI=1S/C12H15NO/c13-12(9-14)8-4-7-11(12)10-5-2-1-3-6-10/h1-3,5-6,9,11H,4,7-8,13H2/t11-,12-/m1/s1. The molecule has 1 aromatic rings. The quantitative estimate of drug-likeness (QED) is 0.721. The Morgan fingerprint density at radius 2 is 2.07 bits per heavy atom. The third-order valence-corrected chi connectivity index (χ3v) is 3.17. The fourth-order valence-electron chi connectivity index (χ4n) is 2.36. The molecular formula is C12H15NO. The summed E-state index contributed by atoms with van der Waals surface area (Å²) in [5.74, 6) is 0.209. The number of nitrogens with two attached hydrogens (primary N) is 1. The van der Waals surface area contributed by atoms with Crippen molar-refractivity contribution >= 4 is 6.29 Å². The lowest BCUT2D eigenvalue weighted by Gasteiger charge is -2.25. The van der Waals surface area contributed by atoms with E-state index >= 15 is 0 Å². The Balaban J connectivity index is 2.31. The van der Waals surface area contributed by atoms with Gasteiger partial charge in [-0.15, -0.1) is 0 Å². The molecule has 0 unspecified atom stereocenters. The third kappa shape index (κ3) is 1.46. The van der Waals surface area contributed by atoms with Crippen LogP contribution in [-0.2, 0) is 4.79 Å². The van der Waals surface area contributed by atoms with Crippen molar-refractivity contribution in [1.82, 2.24) is 0 Å². The molecule has 1 fully saturated rings. The maximum atomic E-state index is 11.0. The Kier molecular flexibility index (Phi) is 2.38. The van der Waals surface area contributed by atoms with Gasteiger partial charge in [0.15, 0.2) is 0 Å². The first-order chi connectivity index (χ1) is 6.76. The van der Waals surface area contributed by atoms with E-state index in [1.165, 1.54) is 5.56 Å². The molecular weight excluding hydrogens is 174 g/mol. The van der Waals surface area contributed by atoms with E-state index in [2.05, 4.69) is 12.1 Å². The van der Waals surface area contributed by atoms with Gasteiger partial charge < -0.3 is 10.5 Å². The van der Waals surface area contributed by atoms with Gasteiger partial charge in [-0.25, -0.2) is 0 Å². The summed E-state index contributed by atoms with van der Waals surface area (Å²) in [5, 5.41) is 0. The molecule has 0 spiro atoms. The molecule has 1 aliphatic rings. The molecule has 0 radical (unpaired) electrons. The molecule has 0 heterocycles. The van der Waals surface area contributed by atoms with Gasteiger partial charge in [-0.3, -0.25) is 0 Å². The highest BCUT2D eigenvalue weighted by molar-refractivity contribution is 5.67. The van der Waals surface area contributed by atoms with Crippen LogP contribution in [0.4, 0.5) is 0 Å². The zero-order valence-electron chi connectivity index (χ0n) is 8.15. The predicted molar refractivity (Wildman–Crippen MR) is 56.0 cm³/mol. The van der Waals surface area contributed by atoms with Crippen molar-refractivity contribution in [2.45, 2.75) is 30.7 Å². The topological polar surface area (TPSA) is 43.1 Å². The summed E-state index contributed by atoms with van der Waals surface area (Å²) >= 11 is 0. The number of hydrogen-bond donors (Lipinski definition) is 1. The minimum absolute atomic E-state index is 0.209. The first-order valence-electron chi connectivity index (χ1n) is 5.06. The van der Waals surface area contributed by atoms with Crippen LogP contribution >= 0.6 is 0 Å². The Morgan fingerprint density at radius 1 is 1.36 bits per heavy atom. The van der Waals surface area contributed by atoms with Crippen LogP contribution in [0.3, 0.4) is 0 Å². The molecule has 0 bridgehead atoms. The van der Waals surface area contributed by atoms with Crippen molar-refractivity contribution in [3.63, 3.8) is 0 Å². The van der Waals surface area contributed by atoms with Gasteiger partial charge in [0.25, 0.3) is 0 Å². The van der Waals surface area contributed by atoms with Crippen LogP contribution in [0.1, 0.15) is 30.7 Å². The fraction of sp³-hybridized carbons (Fsp3) is 0.417. The SMILES string of the molecule is N[C@@]1(C=O)CCC[C@@H]1c1ccccc1. The lowest BCUT2D eigenvalue weighted by Crippen LogP contribution is -2.43. The molecule has 14 heavy (non-hydrogen) atoms. The average molecular weight is 189 g/mol. The highest BCUT2D eigenvalue weighted by atomic mass is 16.1. The maximum absolute atomic E-state index is 11.0. The molecule has 0 aliphatic heterocycles. The second kappa shape index (κ2) is 3.54. The van der Waals surface area contributed by atoms with E-state index in [0.717, 1.165) is 25.5 Å². The zero-order valence-corrected chi connectivity index (χ0v) is 8.15. The van der Waals surface area contributed by atoms with E-state index in [1.807, 2.05) is 18.2 Å². The van der Waals surface area contributed by atoms with Crippen LogP contribution in [0.5, 0.6) is 0 Å². The highest BCUT2D eigenvalue weighted by Gasteiger charge is 2.39. The molecule has 74 valence electrons. The van der Waals surface area contributed by atoms with Gasteiger partial charge >= 0.3 is 0 Å². The molecule has 0 aromatic heterocycles. The molecule has 1 saturated carbocycles. The first-order valence-corrected chi connectivity index (χ1v) is 5.06. The maximum Gasteiger partial charge on any atom is 0.140 e. The smallest absolute Gasteiger partial charge is 0.140 e. The lowest BCUT2D eigenvalue weighted by atomic mass is 9.84. The van der Waals surface area contributed by atoms with Crippen LogP contribution in [-0.4, -0.2) is 11.8 Å². The van der Waals surface area contributed by atoms with E-state index in [4.69, 9.17) is 5.73 Å². The summed E-state index contributed by atoms with van der Waals surface area (Å²) in [4.78, 5) is 11.0. The molecule has 2 heteroatoms. The first kappa shape index (κ1) is 9.41. The molecule has 2 nitrogen and oxygen atoms in total. The Bertz CT molecular complexity index is 322. The lowest BCUT2D eigenvalue weighted by molar-refractivity contribution is -0.112. The van der Waals surface area contributed by atoms with Crippen LogP contribution < -0.4 is 5.73 Å². The summed E-state index contributed by atoms with van der Waals surface area (Å²) in [5.41, 5.74) is 6.64. The Hall–Kier alpha value is -1.15. The van der Waals surface area contributed by atoms with Crippen molar-refractivity contribution in [2.24, 2.45) is 5.73 Å². The normalized spacial score (nSPS) is 31.6. The van der Waals surface area contributed by atoms with Crippen molar-refractivity contribution in [2.75, 3.05) is 0 Å². The molecule has 0 saturated heterocycles. The number of benzene rings is 1. The van der Waals surface area contributed by atoms with E-state index in [1.54, 1.807) is 0 Å². The molecule has 0 amide bonds. The van der Waals surface area contributed by atoms with E-state index in [9.17, 15) is 4.79 Å². The summed E-state index contributed by atoms with van der Waals surface area (Å²) in [7, 11) is 0. The van der Waals surface area contributed by atoms with Crippen LogP contribution in [0.2, 0.25) is 0 Å². The number of carbonyl (C=O) groups excluding carboxylic acids is 1. The molecule has 2 atom stereocenters. The Morgan fingerprint density at radius 3 is 2.71 bits per heavy atom. The second-order valence-corrected chi connectivity index (χ2v) is 4.09. The minimum Gasteiger partial charge on any atom is -0.319 e. The van der Waals surface area contributed by atoms with E-state index in [0.29, 0.717) is 0 Å². The Labute approximate surface area is 84.1 Å². The zero-order chi connectivity index (χ0) is 10.0. The van der Waals surface area contributed by atoms with Gasteiger partial charge in [0.2, 0.25) is 0 Å². The van der Waals surface area contributed by atoms with Crippen LogP contribution in [0, 0.1) is 0 Å². The number of rotatable bonds is 2. The monoisotopic (exact) mass is 189 g/mol. The van der Waals surface area contributed by atoms with Crippen molar-refractivity contribution in [3.05, 3.63) is 35.9 Å². The van der Waals surface area contributed by atoms with Gasteiger partial charge in [-0.2, -0.15) is 0 Å². The van der Waals surface area contributed by atoms with Crippen molar-refractivity contribution < 1.29 is 4.79 Å². The predicted octanol–water partition coefficient (Wildman–Crippen LogP) is 1.85. The van der Waals surface area contributed by atoms with Gasteiger partial charge in [0.1, 0.15) is 6.29 Å². The van der Waals surface area contributed by atoms with Crippen LogP contribution in [0.25, 0.3) is 0 Å². The van der Waals surface area contributed by atoms with Crippen molar-refractivity contribution in [1.29, 1.82) is 0 Å². The average Bonchev–Trinajstić information content (AvgIpc) is 2.63. The largest absolute Gasteiger partial charge is 0.319 e. The van der Waals surface area contributed by atoms with Gasteiger partial charge in [0, 0.05) is 5.92 Å². The van der Waals surface area contributed by atoms with E-state index in [-0.39, 0.29) is 5.92 Å². The summed E-state index contributed by atoms with van der Waals surface area (Å²) in [6.45, 7) is 0. The molecule has 1 aromatic carbocycles. The second-order valence-electron chi connectivity index (χ2n) is 4.09. The molecule has 2 N–H and O–H groups in total. The highest BCUT2D eigenvalue weighted by Crippen LogP contribution is 2.39. The number of hydrogen-bond acceptors (Lipinski definition) is 2. The van der Waals surface area contributed by atoms with Crippen molar-refractivity contribution in [3.8, 4) is 0 Å².